The molecule has 0 radical (unpaired) electrons. The monoisotopic (exact) mass is 284 g/mol. The van der Waals surface area contributed by atoms with Crippen LogP contribution in [-0.4, -0.2) is 9.13 Å². The fourth-order valence-electron chi connectivity index (χ4n) is 2.94. The van der Waals surface area contributed by atoms with Crippen molar-refractivity contribution in [2.75, 3.05) is 0 Å². The zero-order valence-electron chi connectivity index (χ0n) is 13.3. The molecule has 0 amide bonds. The molecule has 0 spiro atoms. The van der Waals surface area contributed by atoms with Gasteiger partial charge in [-0.2, -0.15) is 4.57 Å². The van der Waals surface area contributed by atoms with Crippen LogP contribution >= 0.6 is 0 Å². The smallest absolute Gasteiger partial charge is 0.227 e. The van der Waals surface area contributed by atoms with Crippen LogP contribution in [0.5, 0.6) is 0 Å². The van der Waals surface area contributed by atoms with E-state index in [1.54, 1.807) is 0 Å². The summed E-state index contributed by atoms with van der Waals surface area (Å²) in [6.07, 6.45) is 8.30. The second kappa shape index (κ2) is 4.84. The Labute approximate surface area is 124 Å². The summed E-state index contributed by atoms with van der Waals surface area (Å²) >= 11 is 0. The quantitative estimate of drug-likeness (QED) is 0.599. The fourth-order valence-corrected chi connectivity index (χ4v) is 2.94. The summed E-state index contributed by atoms with van der Waals surface area (Å²) in [5.74, 6) is 2.35. The first kappa shape index (κ1) is 13.5. The third-order valence-corrected chi connectivity index (χ3v) is 4.05. The van der Waals surface area contributed by atoms with Gasteiger partial charge in [0.25, 0.3) is 11.4 Å². The van der Waals surface area contributed by atoms with Gasteiger partial charge in [-0.3, -0.25) is 0 Å². The van der Waals surface area contributed by atoms with Gasteiger partial charge in [-0.1, -0.05) is 0 Å². The number of hydrogen-bond acceptors (Lipinski definition) is 0. The minimum absolute atomic E-state index is 1.18. The topological polar surface area (TPSA) is 21.5 Å². The van der Waals surface area contributed by atoms with Gasteiger partial charge < -0.3 is 0 Å². The average Bonchev–Trinajstić information content (AvgIpc) is 2.95. The lowest BCUT2D eigenvalue weighted by molar-refractivity contribution is -0.697. The van der Waals surface area contributed by atoms with Crippen molar-refractivity contribution in [3.8, 4) is 23.0 Å². The summed E-state index contributed by atoms with van der Waals surface area (Å²) in [7, 11) is 10.4. The summed E-state index contributed by atoms with van der Waals surface area (Å²) in [5, 5.41) is 0. The number of pyridine rings is 1. The third kappa shape index (κ3) is 2.05. The highest BCUT2D eigenvalue weighted by Gasteiger charge is 2.30. The maximum atomic E-state index is 2.24. The van der Waals surface area contributed by atoms with E-state index in [0.29, 0.717) is 0 Å². The highest BCUT2D eigenvalue weighted by Crippen LogP contribution is 2.15. The summed E-state index contributed by atoms with van der Waals surface area (Å²) in [6, 6.07) is 6.42. The van der Waals surface area contributed by atoms with E-state index in [-0.39, 0.29) is 0 Å². The first-order valence-electron chi connectivity index (χ1n) is 7.02. The molecular formula is C16H22N5+3. The van der Waals surface area contributed by atoms with E-state index < -0.39 is 0 Å². The van der Waals surface area contributed by atoms with Crippen molar-refractivity contribution in [2.24, 2.45) is 35.2 Å². The van der Waals surface area contributed by atoms with Crippen molar-refractivity contribution in [1.82, 2.24) is 9.13 Å². The van der Waals surface area contributed by atoms with E-state index in [1.807, 2.05) is 0 Å². The molecule has 21 heavy (non-hydrogen) atoms. The molecule has 0 saturated carbocycles. The van der Waals surface area contributed by atoms with Crippen molar-refractivity contribution in [3.63, 3.8) is 0 Å². The van der Waals surface area contributed by atoms with Crippen molar-refractivity contribution in [2.45, 2.75) is 0 Å². The average molecular weight is 284 g/mol. The highest BCUT2D eigenvalue weighted by molar-refractivity contribution is 5.48. The molecule has 0 atom stereocenters. The predicted octanol–water partition coefficient (Wildman–Crippen LogP) is 0.171. The van der Waals surface area contributed by atoms with Gasteiger partial charge in [0.05, 0.1) is 28.2 Å². The van der Waals surface area contributed by atoms with E-state index in [1.165, 1.54) is 23.0 Å². The summed E-state index contributed by atoms with van der Waals surface area (Å²) in [6.45, 7) is 0. The van der Waals surface area contributed by atoms with E-state index in [9.17, 15) is 0 Å². The number of hydrogen-bond donors (Lipinski definition) is 0. The normalized spacial score (nSPS) is 11.1. The SMILES string of the molecule is Cn1cc[n+](C)c1-c1cccc(-c2n(C)cc[n+]2C)[n+]1C. The van der Waals surface area contributed by atoms with Gasteiger partial charge in [0, 0.05) is 12.1 Å². The number of rotatable bonds is 2. The molecule has 0 N–H and O–H groups in total. The lowest BCUT2D eigenvalue weighted by Crippen LogP contribution is -2.42. The highest BCUT2D eigenvalue weighted by atomic mass is 15.2. The van der Waals surface area contributed by atoms with Gasteiger partial charge in [0.1, 0.15) is 31.8 Å². The van der Waals surface area contributed by atoms with Crippen LogP contribution in [0.3, 0.4) is 0 Å². The second-order valence-corrected chi connectivity index (χ2v) is 5.54. The van der Waals surface area contributed by atoms with E-state index in [2.05, 4.69) is 101 Å². The maximum Gasteiger partial charge on any atom is 0.354 e. The lowest BCUT2D eigenvalue weighted by Gasteiger charge is -2.02. The van der Waals surface area contributed by atoms with Gasteiger partial charge in [-0.15, -0.1) is 0 Å². The number of imidazole rings is 2. The first-order valence-corrected chi connectivity index (χ1v) is 7.02. The number of aryl methyl sites for hydroxylation is 4. The Hall–Kier alpha value is -2.43. The van der Waals surface area contributed by atoms with Gasteiger partial charge in [-0.25, -0.2) is 18.3 Å². The molecule has 3 heterocycles. The van der Waals surface area contributed by atoms with Crippen LogP contribution in [0.2, 0.25) is 0 Å². The molecule has 0 aliphatic heterocycles. The van der Waals surface area contributed by atoms with E-state index >= 15 is 0 Å². The molecule has 5 heteroatoms. The van der Waals surface area contributed by atoms with Gasteiger partial charge >= 0.3 is 11.6 Å². The standard InChI is InChI=1S/C16H22N5/c1-17-9-10-18(2)15(17)13-7-6-8-14(21(13)5)16-19(3)11-12-20(16)4/h6-12H,1-5H3/q+3. The van der Waals surface area contributed by atoms with Crippen molar-refractivity contribution in [1.29, 1.82) is 0 Å². The molecule has 0 fully saturated rings. The van der Waals surface area contributed by atoms with E-state index in [4.69, 9.17) is 0 Å². The van der Waals surface area contributed by atoms with Crippen LogP contribution in [0, 0.1) is 0 Å². The van der Waals surface area contributed by atoms with Crippen molar-refractivity contribution in [3.05, 3.63) is 43.0 Å². The van der Waals surface area contributed by atoms with Crippen molar-refractivity contribution >= 4 is 0 Å². The molecular weight excluding hydrogens is 262 g/mol. The third-order valence-electron chi connectivity index (χ3n) is 4.05. The summed E-state index contributed by atoms with van der Waals surface area (Å²) < 4.78 is 10.8. The largest absolute Gasteiger partial charge is 0.354 e. The minimum Gasteiger partial charge on any atom is -0.227 e. The van der Waals surface area contributed by atoms with Crippen molar-refractivity contribution < 1.29 is 13.7 Å². The molecule has 3 rings (SSSR count). The predicted molar refractivity (Wildman–Crippen MR) is 78.8 cm³/mol. The summed E-state index contributed by atoms with van der Waals surface area (Å²) in [5.41, 5.74) is 2.37. The fraction of sp³-hybridized carbons (Fsp3) is 0.312. The van der Waals surface area contributed by atoms with Gasteiger partial charge in [0.15, 0.2) is 0 Å². The molecule has 0 saturated heterocycles. The number of aromatic nitrogens is 5. The molecule has 3 aromatic heterocycles. The van der Waals surface area contributed by atoms with Crippen LogP contribution in [0.15, 0.2) is 43.0 Å². The molecule has 0 aliphatic rings. The number of nitrogens with zero attached hydrogens (tertiary/aromatic N) is 5. The molecule has 0 unspecified atom stereocenters. The Morgan fingerprint density at radius 3 is 1.52 bits per heavy atom. The molecule has 0 bridgehead atoms. The molecule has 108 valence electrons. The van der Waals surface area contributed by atoms with Crippen LogP contribution in [0.1, 0.15) is 0 Å². The lowest BCUT2D eigenvalue weighted by atomic mass is 10.2. The first-order chi connectivity index (χ1) is 10.0. The molecule has 3 aromatic rings. The van der Waals surface area contributed by atoms with E-state index in [0.717, 1.165) is 0 Å². The Balaban J connectivity index is 2.26. The molecule has 5 nitrogen and oxygen atoms in total. The Bertz CT molecular complexity index is 707. The summed E-state index contributed by atoms with van der Waals surface area (Å²) in [4.78, 5) is 0. The Kier molecular flexibility index (Phi) is 3.12. The zero-order valence-corrected chi connectivity index (χ0v) is 13.3. The van der Waals surface area contributed by atoms with Gasteiger partial charge in [-0.05, 0) is 6.07 Å². The second-order valence-electron chi connectivity index (χ2n) is 5.54. The Morgan fingerprint density at radius 2 is 1.19 bits per heavy atom. The Morgan fingerprint density at radius 1 is 0.762 bits per heavy atom. The van der Waals surface area contributed by atoms with Crippen LogP contribution < -0.4 is 13.7 Å². The van der Waals surface area contributed by atoms with Gasteiger partial charge in [0.2, 0.25) is 0 Å². The minimum atomic E-state index is 1.18. The molecule has 0 aromatic carbocycles. The van der Waals surface area contributed by atoms with Crippen LogP contribution in [-0.2, 0) is 35.2 Å². The van der Waals surface area contributed by atoms with Crippen LogP contribution in [0.25, 0.3) is 23.0 Å². The van der Waals surface area contributed by atoms with Crippen LogP contribution in [0.4, 0.5) is 0 Å². The maximum absolute atomic E-state index is 2.24. The zero-order chi connectivity index (χ0) is 15.1. The molecule has 0 aliphatic carbocycles.